The van der Waals surface area contributed by atoms with Crippen LogP contribution < -0.4 is 9.64 Å². The van der Waals surface area contributed by atoms with Gasteiger partial charge in [-0.1, -0.05) is 48.5 Å². The Balaban J connectivity index is 1.83. The predicted octanol–water partition coefficient (Wildman–Crippen LogP) is 4.22. The van der Waals surface area contributed by atoms with E-state index in [0.717, 1.165) is 5.56 Å². The molecule has 0 saturated carbocycles. The lowest BCUT2D eigenvalue weighted by Crippen LogP contribution is -2.40. The molecule has 0 aliphatic heterocycles. The molecule has 0 spiro atoms. The molecule has 0 aliphatic carbocycles. The number of para-hydroxylation sites is 1. The summed E-state index contributed by atoms with van der Waals surface area (Å²) in [5, 5.41) is 0. The van der Waals surface area contributed by atoms with Crippen molar-refractivity contribution in [2.24, 2.45) is 0 Å². The van der Waals surface area contributed by atoms with Crippen LogP contribution in [0.4, 0.5) is 10.2 Å². The smallest absolute Gasteiger partial charge is 0.269 e. The minimum absolute atomic E-state index is 0.0500. The van der Waals surface area contributed by atoms with Gasteiger partial charge in [-0.05, 0) is 36.8 Å². The van der Waals surface area contributed by atoms with Crippen LogP contribution in [-0.2, 0) is 11.3 Å². The number of rotatable bonds is 6. The van der Waals surface area contributed by atoms with Gasteiger partial charge in [-0.25, -0.2) is 9.37 Å². The lowest BCUT2D eigenvalue weighted by atomic mass is 10.2. The molecular formula is C21H19FN2O2. The Bertz CT molecular complexity index is 856. The molecule has 0 radical (unpaired) electrons. The van der Waals surface area contributed by atoms with Crippen molar-refractivity contribution in [1.29, 1.82) is 0 Å². The van der Waals surface area contributed by atoms with Crippen LogP contribution in [0, 0.1) is 5.82 Å². The van der Waals surface area contributed by atoms with Gasteiger partial charge in [-0.2, -0.15) is 0 Å². The predicted molar refractivity (Wildman–Crippen MR) is 98.4 cm³/mol. The number of hydrogen-bond donors (Lipinski definition) is 0. The van der Waals surface area contributed by atoms with Crippen molar-refractivity contribution in [2.45, 2.75) is 19.6 Å². The SMILES string of the molecule is CC(Oc1ccccc1F)C(=O)N(Cc1ccccc1)c1ccccn1. The Hall–Kier alpha value is -3.21. The number of anilines is 1. The quantitative estimate of drug-likeness (QED) is 0.668. The lowest BCUT2D eigenvalue weighted by molar-refractivity contribution is -0.124. The second kappa shape index (κ2) is 8.25. The molecule has 3 aromatic rings. The second-order valence-corrected chi connectivity index (χ2v) is 5.79. The summed E-state index contributed by atoms with van der Waals surface area (Å²) < 4.78 is 19.4. The Labute approximate surface area is 151 Å². The molecule has 5 heteroatoms. The van der Waals surface area contributed by atoms with Crippen LogP contribution in [0.3, 0.4) is 0 Å². The zero-order chi connectivity index (χ0) is 18.4. The number of carbonyl (C=O) groups is 1. The van der Waals surface area contributed by atoms with Gasteiger partial charge in [0.05, 0.1) is 6.54 Å². The molecule has 0 aliphatic rings. The molecule has 1 atom stereocenters. The molecule has 2 aromatic carbocycles. The van der Waals surface area contributed by atoms with Crippen molar-refractivity contribution in [3.05, 3.63) is 90.4 Å². The Morgan fingerprint density at radius 2 is 1.73 bits per heavy atom. The van der Waals surface area contributed by atoms with Crippen LogP contribution in [0.5, 0.6) is 5.75 Å². The zero-order valence-corrected chi connectivity index (χ0v) is 14.4. The Morgan fingerprint density at radius 1 is 1.04 bits per heavy atom. The van der Waals surface area contributed by atoms with E-state index < -0.39 is 11.9 Å². The Morgan fingerprint density at radius 3 is 2.42 bits per heavy atom. The standard InChI is InChI=1S/C21H19FN2O2/c1-16(26-19-12-6-5-11-18(19)22)21(25)24(20-13-7-8-14-23-20)15-17-9-3-2-4-10-17/h2-14,16H,15H2,1H3. The Kier molecular flexibility index (Phi) is 5.59. The molecule has 0 bridgehead atoms. The van der Waals surface area contributed by atoms with Gasteiger partial charge in [0.15, 0.2) is 17.7 Å². The normalized spacial score (nSPS) is 11.6. The summed E-state index contributed by atoms with van der Waals surface area (Å²) in [6.45, 7) is 1.96. The van der Waals surface area contributed by atoms with Crippen molar-refractivity contribution in [1.82, 2.24) is 4.98 Å². The molecule has 132 valence electrons. The van der Waals surface area contributed by atoms with Gasteiger partial charge in [-0.15, -0.1) is 0 Å². The number of carbonyl (C=O) groups excluding carboxylic acids is 1. The highest BCUT2D eigenvalue weighted by Crippen LogP contribution is 2.20. The number of nitrogens with zero attached hydrogens (tertiary/aromatic N) is 2. The maximum Gasteiger partial charge on any atom is 0.269 e. The second-order valence-electron chi connectivity index (χ2n) is 5.79. The number of aromatic nitrogens is 1. The third kappa shape index (κ3) is 4.25. The van der Waals surface area contributed by atoms with E-state index in [9.17, 15) is 9.18 Å². The summed E-state index contributed by atoms with van der Waals surface area (Å²) in [6, 6.07) is 21.0. The van der Waals surface area contributed by atoms with Crippen LogP contribution >= 0.6 is 0 Å². The average Bonchev–Trinajstić information content (AvgIpc) is 2.69. The number of pyridine rings is 1. The number of halogens is 1. The highest BCUT2D eigenvalue weighted by molar-refractivity contribution is 5.95. The van der Waals surface area contributed by atoms with E-state index in [-0.39, 0.29) is 11.7 Å². The van der Waals surface area contributed by atoms with E-state index >= 15 is 0 Å². The van der Waals surface area contributed by atoms with E-state index in [1.165, 1.54) is 12.1 Å². The van der Waals surface area contributed by atoms with Gasteiger partial charge in [0.2, 0.25) is 0 Å². The largest absolute Gasteiger partial charge is 0.478 e. The fraction of sp³-hybridized carbons (Fsp3) is 0.143. The molecule has 26 heavy (non-hydrogen) atoms. The number of benzene rings is 2. The van der Waals surface area contributed by atoms with E-state index in [2.05, 4.69) is 4.98 Å². The summed E-state index contributed by atoms with van der Waals surface area (Å²) >= 11 is 0. The van der Waals surface area contributed by atoms with Gasteiger partial charge < -0.3 is 4.74 Å². The summed E-state index contributed by atoms with van der Waals surface area (Å²) in [5.41, 5.74) is 0.963. The van der Waals surface area contributed by atoms with Gasteiger partial charge in [0.1, 0.15) is 5.82 Å². The summed E-state index contributed by atoms with van der Waals surface area (Å²) in [4.78, 5) is 18.8. The van der Waals surface area contributed by atoms with Gasteiger partial charge in [0.25, 0.3) is 5.91 Å². The van der Waals surface area contributed by atoms with Crippen LogP contribution in [0.1, 0.15) is 12.5 Å². The first-order valence-electron chi connectivity index (χ1n) is 8.32. The van der Waals surface area contributed by atoms with E-state index in [4.69, 9.17) is 4.74 Å². The summed E-state index contributed by atoms with van der Waals surface area (Å²) in [5.74, 6) is -0.227. The third-order valence-electron chi connectivity index (χ3n) is 3.86. The van der Waals surface area contributed by atoms with Crippen molar-refractivity contribution >= 4 is 11.7 Å². The van der Waals surface area contributed by atoms with Crippen molar-refractivity contribution < 1.29 is 13.9 Å². The van der Waals surface area contributed by atoms with E-state index in [0.29, 0.717) is 12.4 Å². The molecule has 1 heterocycles. The first kappa shape index (κ1) is 17.6. The zero-order valence-electron chi connectivity index (χ0n) is 14.4. The fourth-order valence-corrected chi connectivity index (χ4v) is 2.55. The molecule has 0 saturated heterocycles. The molecule has 1 aromatic heterocycles. The minimum Gasteiger partial charge on any atom is -0.478 e. The molecule has 1 amide bonds. The van der Waals surface area contributed by atoms with Crippen molar-refractivity contribution in [2.75, 3.05) is 4.90 Å². The third-order valence-corrected chi connectivity index (χ3v) is 3.86. The number of amides is 1. The molecule has 4 nitrogen and oxygen atoms in total. The molecule has 3 rings (SSSR count). The maximum absolute atomic E-state index is 13.8. The average molecular weight is 350 g/mol. The highest BCUT2D eigenvalue weighted by atomic mass is 19.1. The van der Waals surface area contributed by atoms with Crippen LogP contribution in [0.15, 0.2) is 79.0 Å². The molecular weight excluding hydrogens is 331 g/mol. The van der Waals surface area contributed by atoms with Crippen LogP contribution in [0.25, 0.3) is 0 Å². The monoisotopic (exact) mass is 350 g/mol. The first-order chi connectivity index (χ1) is 12.6. The maximum atomic E-state index is 13.8. The van der Waals surface area contributed by atoms with Crippen LogP contribution in [-0.4, -0.2) is 17.0 Å². The van der Waals surface area contributed by atoms with E-state index in [1.54, 1.807) is 42.3 Å². The van der Waals surface area contributed by atoms with Crippen LogP contribution in [0.2, 0.25) is 0 Å². The molecule has 1 unspecified atom stereocenters. The van der Waals surface area contributed by atoms with E-state index in [1.807, 2.05) is 36.4 Å². The highest BCUT2D eigenvalue weighted by Gasteiger charge is 2.25. The van der Waals surface area contributed by atoms with Crippen molar-refractivity contribution in [3.63, 3.8) is 0 Å². The lowest BCUT2D eigenvalue weighted by Gasteiger charge is -2.25. The number of hydrogen-bond acceptors (Lipinski definition) is 3. The fourth-order valence-electron chi connectivity index (χ4n) is 2.55. The summed E-state index contributed by atoms with van der Waals surface area (Å²) in [7, 11) is 0. The molecule has 0 fully saturated rings. The first-order valence-corrected chi connectivity index (χ1v) is 8.32. The number of ether oxygens (including phenoxy) is 1. The minimum atomic E-state index is -0.863. The van der Waals surface area contributed by atoms with Gasteiger partial charge in [0, 0.05) is 6.20 Å². The molecule has 0 N–H and O–H groups in total. The van der Waals surface area contributed by atoms with Gasteiger partial charge >= 0.3 is 0 Å². The topological polar surface area (TPSA) is 42.4 Å². The summed E-state index contributed by atoms with van der Waals surface area (Å²) in [6.07, 6.45) is 0.765. The van der Waals surface area contributed by atoms with Crippen molar-refractivity contribution in [3.8, 4) is 5.75 Å². The van der Waals surface area contributed by atoms with Gasteiger partial charge in [-0.3, -0.25) is 9.69 Å².